The van der Waals surface area contributed by atoms with Crippen LogP contribution in [0.1, 0.15) is 5.56 Å². The Morgan fingerprint density at radius 2 is 2.04 bits per heavy atom. The van der Waals surface area contributed by atoms with Crippen LogP contribution in [0.25, 0.3) is 6.08 Å². The van der Waals surface area contributed by atoms with Crippen LogP contribution in [-0.4, -0.2) is 75.9 Å². The summed E-state index contributed by atoms with van der Waals surface area (Å²) >= 11 is 0. The van der Waals surface area contributed by atoms with Crippen LogP contribution in [0.5, 0.6) is 11.5 Å². The summed E-state index contributed by atoms with van der Waals surface area (Å²) in [6.07, 6.45) is -4.76. The van der Waals surface area contributed by atoms with Crippen LogP contribution in [0.3, 0.4) is 0 Å². The summed E-state index contributed by atoms with van der Waals surface area (Å²) in [4.78, 5) is 11.9. The Labute approximate surface area is 143 Å². The fourth-order valence-corrected chi connectivity index (χ4v) is 2.35. The molecular weight excluding hydrogens is 336 g/mol. The van der Waals surface area contributed by atoms with E-state index in [0.29, 0.717) is 5.56 Å². The van der Waals surface area contributed by atoms with Gasteiger partial charge in [-0.15, -0.1) is 0 Å². The van der Waals surface area contributed by atoms with Gasteiger partial charge in [-0.25, -0.2) is 4.79 Å². The van der Waals surface area contributed by atoms with E-state index in [4.69, 9.17) is 14.2 Å². The molecule has 0 aliphatic carbocycles. The van der Waals surface area contributed by atoms with Gasteiger partial charge in [-0.2, -0.15) is 0 Å². The highest BCUT2D eigenvalue weighted by atomic mass is 16.7. The lowest BCUT2D eigenvalue weighted by atomic mass is 10.1. The number of phenolic OH excluding ortho intramolecular Hbond substituents is 1. The molecule has 1 saturated heterocycles. The van der Waals surface area contributed by atoms with Gasteiger partial charge in [0.15, 0.2) is 23.9 Å². The Kier molecular flexibility index (Phi) is 6.34. The van der Waals surface area contributed by atoms with Gasteiger partial charge >= 0.3 is 5.97 Å². The van der Waals surface area contributed by atoms with Gasteiger partial charge in [-0.3, -0.25) is 0 Å². The van der Waals surface area contributed by atoms with Crippen molar-refractivity contribution in [3.8, 4) is 11.5 Å². The van der Waals surface area contributed by atoms with E-state index in [-0.39, 0.29) is 11.5 Å². The zero-order chi connectivity index (χ0) is 18.6. The van der Waals surface area contributed by atoms with Crippen LogP contribution in [0.4, 0.5) is 0 Å². The molecule has 25 heavy (non-hydrogen) atoms. The van der Waals surface area contributed by atoms with E-state index in [1.807, 2.05) is 0 Å². The third kappa shape index (κ3) is 4.47. The van der Waals surface area contributed by atoms with Crippen molar-refractivity contribution in [2.24, 2.45) is 0 Å². The molecule has 1 aliphatic heterocycles. The van der Waals surface area contributed by atoms with Crippen molar-refractivity contribution in [2.75, 3.05) is 13.7 Å². The normalized spacial score (nSPS) is 27.4. The van der Waals surface area contributed by atoms with E-state index >= 15 is 0 Å². The lowest BCUT2D eigenvalue weighted by Gasteiger charge is -2.23. The average molecular weight is 356 g/mol. The molecule has 0 unspecified atom stereocenters. The van der Waals surface area contributed by atoms with Gasteiger partial charge in [-0.1, -0.05) is 6.07 Å². The SMILES string of the molecule is COc1cc(/C=C/C(=O)O[C@H](CO)[C@H]2O[C@@H](O)[C@H](O)[C@H]2O)ccc1O. The predicted molar refractivity (Wildman–Crippen MR) is 83.6 cm³/mol. The van der Waals surface area contributed by atoms with E-state index in [9.17, 15) is 30.3 Å². The molecule has 0 aromatic heterocycles. The highest BCUT2D eigenvalue weighted by Crippen LogP contribution is 2.27. The number of aliphatic hydroxyl groups excluding tert-OH is 4. The van der Waals surface area contributed by atoms with E-state index in [1.165, 1.54) is 25.3 Å². The van der Waals surface area contributed by atoms with E-state index in [1.54, 1.807) is 6.07 Å². The molecule has 0 radical (unpaired) electrons. The minimum atomic E-state index is -1.63. The number of esters is 1. The highest BCUT2D eigenvalue weighted by Gasteiger charge is 2.46. The largest absolute Gasteiger partial charge is 0.504 e. The number of aromatic hydroxyl groups is 1. The summed E-state index contributed by atoms with van der Waals surface area (Å²) in [6, 6.07) is 4.44. The van der Waals surface area contributed by atoms with E-state index < -0.39 is 43.3 Å². The van der Waals surface area contributed by atoms with Crippen molar-refractivity contribution in [1.29, 1.82) is 0 Å². The molecule has 1 aliphatic rings. The van der Waals surface area contributed by atoms with Crippen LogP contribution in [0.2, 0.25) is 0 Å². The zero-order valence-corrected chi connectivity index (χ0v) is 13.3. The number of rotatable bonds is 6. The number of ether oxygens (including phenoxy) is 3. The summed E-state index contributed by atoms with van der Waals surface area (Å²) in [6.45, 7) is -0.673. The molecule has 1 heterocycles. The Bertz CT molecular complexity index is 630. The van der Waals surface area contributed by atoms with Crippen LogP contribution in [0, 0.1) is 0 Å². The van der Waals surface area contributed by atoms with Crippen LogP contribution >= 0.6 is 0 Å². The van der Waals surface area contributed by atoms with Gasteiger partial charge in [0, 0.05) is 6.08 Å². The third-order valence-corrected chi connectivity index (χ3v) is 3.70. The third-order valence-electron chi connectivity index (χ3n) is 3.70. The number of aliphatic hydroxyl groups is 4. The van der Waals surface area contributed by atoms with Gasteiger partial charge in [0.2, 0.25) is 0 Å². The number of hydrogen-bond acceptors (Lipinski definition) is 9. The average Bonchev–Trinajstić information content (AvgIpc) is 2.86. The molecule has 5 N–H and O–H groups in total. The number of hydrogen-bond donors (Lipinski definition) is 5. The van der Waals surface area contributed by atoms with Gasteiger partial charge in [0.1, 0.15) is 18.3 Å². The molecule has 1 aromatic rings. The van der Waals surface area contributed by atoms with Crippen molar-refractivity contribution in [3.05, 3.63) is 29.8 Å². The molecule has 0 bridgehead atoms. The number of methoxy groups -OCH3 is 1. The Hall–Kier alpha value is -2.17. The van der Waals surface area contributed by atoms with Crippen LogP contribution < -0.4 is 4.74 Å². The Morgan fingerprint density at radius 1 is 1.32 bits per heavy atom. The quantitative estimate of drug-likeness (QED) is 0.312. The van der Waals surface area contributed by atoms with Crippen molar-refractivity contribution < 1.29 is 44.5 Å². The monoisotopic (exact) mass is 356 g/mol. The first-order valence-electron chi connectivity index (χ1n) is 7.43. The summed E-state index contributed by atoms with van der Waals surface area (Å²) < 4.78 is 14.8. The second-order valence-corrected chi connectivity index (χ2v) is 5.39. The molecule has 0 amide bonds. The molecule has 138 valence electrons. The summed E-state index contributed by atoms with van der Waals surface area (Å²) in [5.74, 6) is -0.654. The Morgan fingerprint density at radius 3 is 2.60 bits per heavy atom. The molecule has 0 spiro atoms. The van der Waals surface area contributed by atoms with E-state index in [2.05, 4.69) is 0 Å². The smallest absolute Gasteiger partial charge is 0.331 e. The van der Waals surface area contributed by atoms with Gasteiger partial charge in [-0.05, 0) is 23.8 Å². The molecule has 2 rings (SSSR count). The van der Waals surface area contributed by atoms with Crippen molar-refractivity contribution >= 4 is 12.0 Å². The molecule has 0 saturated carbocycles. The molecule has 1 aromatic carbocycles. The fourth-order valence-electron chi connectivity index (χ4n) is 2.35. The maximum Gasteiger partial charge on any atom is 0.331 e. The number of phenols is 1. The Balaban J connectivity index is 2.00. The maximum atomic E-state index is 11.9. The standard InChI is InChI=1S/C16H20O9/c1-23-10-6-8(2-4-9(10)18)3-5-12(19)24-11(7-17)15-13(20)14(21)16(22)25-15/h2-6,11,13-18,20-22H,7H2,1H3/b5-3+/t11-,13-,14-,15-,16-/m1/s1. The minimum absolute atomic E-state index is 0.0490. The first-order valence-corrected chi connectivity index (χ1v) is 7.43. The molecule has 1 fully saturated rings. The second-order valence-electron chi connectivity index (χ2n) is 5.39. The lowest BCUT2D eigenvalue weighted by Crippen LogP contribution is -2.42. The van der Waals surface area contributed by atoms with Crippen LogP contribution in [-0.2, 0) is 14.3 Å². The van der Waals surface area contributed by atoms with Crippen LogP contribution in [0.15, 0.2) is 24.3 Å². The highest BCUT2D eigenvalue weighted by molar-refractivity contribution is 5.87. The minimum Gasteiger partial charge on any atom is -0.504 e. The lowest BCUT2D eigenvalue weighted by molar-refractivity contribution is -0.173. The predicted octanol–water partition coefficient (Wildman–Crippen LogP) is -1.24. The number of carbonyl (C=O) groups is 1. The van der Waals surface area contributed by atoms with Crippen molar-refractivity contribution in [1.82, 2.24) is 0 Å². The molecule has 9 heteroatoms. The first kappa shape index (κ1) is 19.2. The van der Waals surface area contributed by atoms with Crippen molar-refractivity contribution in [2.45, 2.75) is 30.7 Å². The van der Waals surface area contributed by atoms with Gasteiger partial charge < -0.3 is 39.7 Å². The van der Waals surface area contributed by atoms with E-state index in [0.717, 1.165) is 6.08 Å². The topological polar surface area (TPSA) is 146 Å². The van der Waals surface area contributed by atoms with Gasteiger partial charge in [0.05, 0.1) is 13.7 Å². The summed E-state index contributed by atoms with van der Waals surface area (Å²) in [5.41, 5.74) is 0.551. The maximum absolute atomic E-state index is 11.9. The van der Waals surface area contributed by atoms with Gasteiger partial charge in [0.25, 0.3) is 0 Å². The molecule has 5 atom stereocenters. The van der Waals surface area contributed by atoms with Crippen molar-refractivity contribution in [3.63, 3.8) is 0 Å². The first-order chi connectivity index (χ1) is 11.9. The summed E-state index contributed by atoms with van der Waals surface area (Å²) in [7, 11) is 1.39. The number of carbonyl (C=O) groups excluding carboxylic acids is 1. The zero-order valence-electron chi connectivity index (χ0n) is 13.3. The molecule has 9 nitrogen and oxygen atoms in total. The molecular formula is C16H20O9. The number of benzene rings is 1. The fraction of sp³-hybridized carbons (Fsp3) is 0.438. The second kappa shape index (κ2) is 8.28. The summed E-state index contributed by atoms with van der Waals surface area (Å²) in [5, 5.41) is 47.3.